The van der Waals surface area contributed by atoms with Crippen molar-refractivity contribution in [3.8, 4) is 11.5 Å². The number of carboxylic acid groups (broad SMARTS) is 1. The molecule has 2 aliphatic rings. The summed E-state index contributed by atoms with van der Waals surface area (Å²) in [4.78, 5) is 28.0. The van der Waals surface area contributed by atoms with E-state index in [1.54, 1.807) is 4.57 Å². The number of aromatic nitrogens is 1. The van der Waals surface area contributed by atoms with E-state index in [0.717, 1.165) is 19.2 Å². The smallest absolute Gasteiger partial charge is 0.484 e. The maximum atomic E-state index is 15.3. The first-order chi connectivity index (χ1) is 13.6. The van der Waals surface area contributed by atoms with Crippen molar-refractivity contribution in [1.82, 2.24) is 9.47 Å². The number of piperazine rings is 1. The van der Waals surface area contributed by atoms with Gasteiger partial charge in [-0.05, 0) is 33.9 Å². The predicted molar refractivity (Wildman–Crippen MR) is 106 cm³/mol. The molecule has 0 saturated carbocycles. The number of benzene rings is 1. The Morgan fingerprint density at radius 1 is 1.31 bits per heavy atom. The zero-order valence-electron chi connectivity index (χ0n) is 16.9. The molecular formula is C20H24FN3O5. The van der Waals surface area contributed by atoms with E-state index < -0.39 is 22.9 Å². The summed E-state index contributed by atoms with van der Waals surface area (Å²) < 4.78 is 27.9. The van der Waals surface area contributed by atoms with Crippen LogP contribution in [0.1, 0.15) is 20.8 Å². The molecule has 0 bridgehead atoms. The average molecular weight is 405 g/mol. The first kappa shape index (κ1) is 19.5. The van der Waals surface area contributed by atoms with E-state index in [-0.39, 0.29) is 17.2 Å². The number of anilines is 1. The van der Waals surface area contributed by atoms with Gasteiger partial charge >= 0.3 is 6.16 Å². The SMILES string of the molecule is C[C@H]1Oc2c(N3CCN(C)CC3)c(F)cc3c(=O)c(OC(=O)O)cn(c23)C1(C)C. The summed E-state index contributed by atoms with van der Waals surface area (Å²) in [6, 6.07) is 1.16. The number of hydrogen-bond acceptors (Lipinski definition) is 6. The Labute approximate surface area is 167 Å². The second-order valence-corrected chi connectivity index (χ2v) is 8.20. The molecule has 1 saturated heterocycles. The normalized spacial score (nSPS) is 21.1. The van der Waals surface area contributed by atoms with Crippen molar-refractivity contribution in [2.75, 3.05) is 38.1 Å². The fourth-order valence-corrected chi connectivity index (χ4v) is 3.97. The lowest BCUT2D eigenvalue weighted by atomic mass is 9.94. The van der Waals surface area contributed by atoms with Gasteiger partial charge < -0.3 is 28.9 Å². The van der Waals surface area contributed by atoms with Crippen molar-refractivity contribution in [3.63, 3.8) is 0 Å². The molecule has 0 radical (unpaired) electrons. The predicted octanol–water partition coefficient (Wildman–Crippen LogP) is 2.47. The van der Waals surface area contributed by atoms with Crippen molar-refractivity contribution < 1.29 is 23.8 Å². The maximum Gasteiger partial charge on any atom is 0.511 e. The fourth-order valence-electron chi connectivity index (χ4n) is 3.97. The van der Waals surface area contributed by atoms with Crippen LogP contribution in [-0.4, -0.2) is 60.1 Å². The van der Waals surface area contributed by atoms with Crippen LogP contribution in [0.4, 0.5) is 14.9 Å². The molecule has 1 aromatic carbocycles. The summed E-state index contributed by atoms with van der Waals surface area (Å²) in [5.41, 5.74) is -0.510. The van der Waals surface area contributed by atoms with Gasteiger partial charge in [-0.2, -0.15) is 0 Å². The maximum absolute atomic E-state index is 15.3. The first-order valence-electron chi connectivity index (χ1n) is 9.54. The highest BCUT2D eigenvalue weighted by molar-refractivity contribution is 5.93. The average Bonchev–Trinajstić information content (AvgIpc) is 2.64. The van der Waals surface area contributed by atoms with Gasteiger partial charge in [0.1, 0.15) is 11.8 Å². The molecule has 156 valence electrons. The monoisotopic (exact) mass is 405 g/mol. The molecular weight excluding hydrogens is 381 g/mol. The fraction of sp³-hybridized carbons (Fsp3) is 0.500. The molecule has 0 unspecified atom stereocenters. The number of hydrogen-bond donors (Lipinski definition) is 1. The number of nitrogens with zero attached hydrogens (tertiary/aromatic N) is 3. The summed E-state index contributed by atoms with van der Waals surface area (Å²) in [7, 11) is 2.01. The highest BCUT2D eigenvalue weighted by Crippen LogP contribution is 2.45. The van der Waals surface area contributed by atoms with E-state index in [4.69, 9.17) is 14.6 Å². The van der Waals surface area contributed by atoms with Gasteiger partial charge in [-0.15, -0.1) is 0 Å². The van der Waals surface area contributed by atoms with E-state index in [2.05, 4.69) is 4.90 Å². The Balaban J connectivity index is 2.02. The molecule has 1 N–H and O–H groups in total. The van der Waals surface area contributed by atoms with Crippen molar-refractivity contribution in [2.45, 2.75) is 32.4 Å². The molecule has 8 nitrogen and oxygen atoms in total. The van der Waals surface area contributed by atoms with E-state index >= 15 is 4.39 Å². The quantitative estimate of drug-likeness (QED) is 0.769. The van der Waals surface area contributed by atoms with Gasteiger partial charge in [0.2, 0.25) is 5.43 Å². The molecule has 2 aromatic rings. The highest BCUT2D eigenvalue weighted by atomic mass is 19.1. The Kier molecular flexibility index (Phi) is 4.45. The van der Waals surface area contributed by atoms with E-state index in [9.17, 15) is 9.59 Å². The van der Waals surface area contributed by atoms with Gasteiger partial charge in [0.25, 0.3) is 0 Å². The van der Waals surface area contributed by atoms with Crippen LogP contribution < -0.4 is 19.8 Å². The van der Waals surface area contributed by atoms with Crippen molar-refractivity contribution >= 4 is 22.7 Å². The number of ether oxygens (including phenoxy) is 2. The van der Waals surface area contributed by atoms with E-state index in [1.807, 2.05) is 32.7 Å². The lowest BCUT2D eigenvalue weighted by molar-refractivity contribution is 0.0837. The number of likely N-dealkylation sites (N-methyl/N-ethyl adjacent to an activating group) is 1. The lowest BCUT2D eigenvalue weighted by Gasteiger charge is -2.43. The van der Waals surface area contributed by atoms with Crippen LogP contribution in [0.5, 0.6) is 11.5 Å². The molecule has 0 spiro atoms. The minimum atomic E-state index is -1.60. The van der Waals surface area contributed by atoms with Gasteiger partial charge in [0, 0.05) is 26.2 Å². The highest BCUT2D eigenvalue weighted by Gasteiger charge is 2.39. The minimum Gasteiger partial charge on any atom is -0.484 e. The third-order valence-electron chi connectivity index (χ3n) is 6.07. The summed E-state index contributed by atoms with van der Waals surface area (Å²) in [6.07, 6.45) is -0.569. The van der Waals surface area contributed by atoms with E-state index in [1.165, 1.54) is 6.20 Å². The van der Waals surface area contributed by atoms with Crippen molar-refractivity contribution in [1.29, 1.82) is 0 Å². The van der Waals surface area contributed by atoms with Crippen LogP contribution in [0, 0.1) is 5.82 Å². The summed E-state index contributed by atoms with van der Waals surface area (Å²) >= 11 is 0. The Bertz CT molecular complexity index is 1060. The van der Waals surface area contributed by atoms with Crippen molar-refractivity contribution in [3.05, 3.63) is 28.3 Å². The second kappa shape index (κ2) is 6.62. The number of carbonyl (C=O) groups is 1. The minimum absolute atomic E-state index is 0.0362. The van der Waals surface area contributed by atoms with E-state index in [0.29, 0.717) is 30.0 Å². The Morgan fingerprint density at radius 2 is 1.97 bits per heavy atom. The Morgan fingerprint density at radius 3 is 2.59 bits per heavy atom. The zero-order chi connectivity index (χ0) is 21.1. The largest absolute Gasteiger partial charge is 0.511 e. The number of rotatable bonds is 2. The third kappa shape index (κ3) is 3.00. The molecule has 4 rings (SSSR count). The van der Waals surface area contributed by atoms with Crippen LogP contribution in [0.25, 0.3) is 10.9 Å². The summed E-state index contributed by atoms with van der Waals surface area (Å²) in [5.74, 6) is -0.611. The molecule has 1 atom stereocenters. The summed E-state index contributed by atoms with van der Waals surface area (Å²) in [6.45, 7) is 8.53. The van der Waals surface area contributed by atoms with Crippen LogP contribution in [0.3, 0.4) is 0 Å². The molecule has 9 heteroatoms. The summed E-state index contributed by atoms with van der Waals surface area (Å²) in [5, 5.41) is 9.02. The third-order valence-corrected chi connectivity index (χ3v) is 6.07. The van der Waals surface area contributed by atoms with Crippen LogP contribution in [0.2, 0.25) is 0 Å². The molecule has 2 aliphatic heterocycles. The topological polar surface area (TPSA) is 84.2 Å². The number of halogens is 1. The van der Waals surface area contributed by atoms with Gasteiger partial charge in [0.05, 0.1) is 22.6 Å². The van der Waals surface area contributed by atoms with Crippen LogP contribution in [0.15, 0.2) is 17.1 Å². The second-order valence-electron chi connectivity index (χ2n) is 8.20. The first-order valence-corrected chi connectivity index (χ1v) is 9.54. The standard InChI is InChI=1S/C20H24FN3O5/c1-11-20(2,3)24-10-14(29-19(26)27)17(25)12-9-13(21)16(18(28-11)15(12)24)23-7-5-22(4)6-8-23/h9-11H,5-8H2,1-4H3,(H,26,27)/t11-/m1/s1. The van der Waals surface area contributed by atoms with Gasteiger partial charge in [0.15, 0.2) is 17.3 Å². The molecule has 0 aliphatic carbocycles. The molecule has 1 fully saturated rings. The van der Waals surface area contributed by atoms with Gasteiger partial charge in [-0.1, -0.05) is 0 Å². The molecule has 1 aromatic heterocycles. The van der Waals surface area contributed by atoms with Crippen molar-refractivity contribution in [2.24, 2.45) is 0 Å². The molecule has 29 heavy (non-hydrogen) atoms. The molecule has 3 heterocycles. The van der Waals surface area contributed by atoms with Crippen LogP contribution >= 0.6 is 0 Å². The number of pyridine rings is 1. The zero-order valence-corrected chi connectivity index (χ0v) is 16.9. The van der Waals surface area contributed by atoms with Crippen LogP contribution in [-0.2, 0) is 5.54 Å². The molecule has 0 amide bonds. The van der Waals surface area contributed by atoms with Gasteiger partial charge in [-0.25, -0.2) is 9.18 Å². The van der Waals surface area contributed by atoms with Gasteiger partial charge in [-0.3, -0.25) is 4.79 Å². The Hall–Kier alpha value is -2.81. The lowest BCUT2D eigenvalue weighted by Crippen LogP contribution is -2.47.